The topological polar surface area (TPSA) is 41.5 Å². The van der Waals surface area contributed by atoms with Crippen LogP contribution in [-0.2, 0) is 10.2 Å². The molecule has 0 aliphatic heterocycles. The molecule has 0 saturated heterocycles. The quantitative estimate of drug-likeness (QED) is 0.406. The third-order valence-electron chi connectivity index (χ3n) is 5.58. The molecule has 3 nitrogen and oxygen atoms in total. The Morgan fingerprint density at radius 3 is 2.21 bits per heavy atom. The predicted octanol–water partition coefficient (Wildman–Crippen LogP) is 5.52. The van der Waals surface area contributed by atoms with Crippen LogP contribution in [0.5, 0.6) is 0 Å². The smallest absolute Gasteiger partial charge is 0.244 e. The fourth-order valence-corrected chi connectivity index (χ4v) is 4.48. The van der Waals surface area contributed by atoms with E-state index in [2.05, 4.69) is 88.8 Å². The molecule has 0 bridgehead atoms. The third-order valence-corrected chi connectivity index (χ3v) is 6.07. The number of carbonyl (C=O) groups excluding carboxylic acids is 1. The van der Waals surface area contributed by atoms with Gasteiger partial charge in [0.1, 0.15) is 0 Å². The van der Waals surface area contributed by atoms with Gasteiger partial charge in [0.2, 0.25) is 5.91 Å². The van der Waals surface area contributed by atoms with E-state index in [-0.39, 0.29) is 17.2 Å². The van der Waals surface area contributed by atoms with Gasteiger partial charge in [-0.1, -0.05) is 87.7 Å². The molecule has 29 heavy (non-hydrogen) atoms. The summed E-state index contributed by atoms with van der Waals surface area (Å²) < 4.78 is 0.980. The van der Waals surface area contributed by atoms with Crippen LogP contribution in [0.25, 0.3) is 0 Å². The molecule has 3 aromatic rings. The lowest BCUT2D eigenvalue weighted by molar-refractivity contribution is -0.122. The van der Waals surface area contributed by atoms with Crippen LogP contribution >= 0.6 is 15.9 Å². The van der Waals surface area contributed by atoms with Crippen molar-refractivity contribution in [3.8, 4) is 0 Å². The Hall–Kier alpha value is -2.72. The second kappa shape index (κ2) is 7.96. The second-order valence-corrected chi connectivity index (χ2v) is 8.67. The van der Waals surface area contributed by atoms with E-state index >= 15 is 0 Å². The van der Waals surface area contributed by atoms with Gasteiger partial charge in [0.25, 0.3) is 0 Å². The van der Waals surface area contributed by atoms with E-state index in [9.17, 15) is 4.79 Å². The summed E-state index contributed by atoms with van der Waals surface area (Å²) in [6, 6.07) is 24.8. The fraction of sp³-hybridized carbons (Fsp3) is 0.200. The summed E-state index contributed by atoms with van der Waals surface area (Å²) in [7, 11) is 0. The molecule has 1 amide bonds. The molecule has 1 aliphatic rings. The van der Waals surface area contributed by atoms with Crippen molar-refractivity contribution in [2.45, 2.75) is 25.7 Å². The Morgan fingerprint density at radius 1 is 1.00 bits per heavy atom. The second-order valence-electron chi connectivity index (χ2n) is 7.76. The highest BCUT2D eigenvalue weighted by molar-refractivity contribution is 9.10. The van der Waals surface area contributed by atoms with Gasteiger partial charge < -0.3 is 0 Å². The summed E-state index contributed by atoms with van der Waals surface area (Å²) in [4.78, 5) is 13.0. The summed E-state index contributed by atoms with van der Waals surface area (Å²) >= 11 is 3.45. The van der Waals surface area contributed by atoms with E-state index in [1.54, 1.807) is 6.21 Å². The SMILES string of the molecule is Cc1cccc(C2(c3cccc(C)c3)C[C@@H]2C(=O)N/N=C\c2cccc(Br)c2)c1. The maximum absolute atomic E-state index is 13.0. The molecular weight excluding hydrogens is 424 g/mol. The molecule has 0 spiro atoms. The molecule has 4 heteroatoms. The van der Waals surface area contributed by atoms with Gasteiger partial charge in [0.15, 0.2) is 0 Å². The number of nitrogens with zero attached hydrogens (tertiary/aromatic N) is 1. The number of hydrazone groups is 1. The number of nitrogens with one attached hydrogen (secondary N) is 1. The highest BCUT2D eigenvalue weighted by atomic mass is 79.9. The Labute approximate surface area is 180 Å². The predicted molar refractivity (Wildman–Crippen MR) is 121 cm³/mol. The van der Waals surface area contributed by atoms with Gasteiger partial charge in [-0.3, -0.25) is 4.79 Å². The van der Waals surface area contributed by atoms with Crippen molar-refractivity contribution < 1.29 is 4.79 Å². The first-order valence-electron chi connectivity index (χ1n) is 9.72. The van der Waals surface area contributed by atoms with E-state index in [1.807, 2.05) is 24.3 Å². The fourth-order valence-electron chi connectivity index (χ4n) is 4.06. The average Bonchev–Trinajstić information content (AvgIpc) is 3.45. The molecule has 1 atom stereocenters. The highest BCUT2D eigenvalue weighted by Gasteiger charge is 2.60. The lowest BCUT2D eigenvalue weighted by atomic mass is 9.84. The maximum Gasteiger partial charge on any atom is 0.244 e. The van der Waals surface area contributed by atoms with E-state index in [4.69, 9.17) is 0 Å². The molecule has 1 N–H and O–H groups in total. The minimum absolute atomic E-state index is 0.0424. The van der Waals surface area contributed by atoms with Crippen molar-refractivity contribution in [2.75, 3.05) is 0 Å². The molecule has 0 heterocycles. The first-order valence-corrected chi connectivity index (χ1v) is 10.5. The van der Waals surface area contributed by atoms with Crippen LogP contribution < -0.4 is 5.43 Å². The van der Waals surface area contributed by atoms with E-state index in [1.165, 1.54) is 22.3 Å². The number of amides is 1. The number of halogens is 1. The maximum atomic E-state index is 13.0. The van der Waals surface area contributed by atoms with Gasteiger partial charge in [-0.05, 0) is 49.1 Å². The molecule has 0 aromatic heterocycles. The molecule has 4 rings (SSSR count). The van der Waals surface area contributed by atoms with Crippen LogP contribution in [0.2, 0.25) is 0 Å². The molecule has 0 radical (unpaired) electrons. The molecule has 1 aliphatic carbocycles. The van der Waals surface area contributed by atoms with Crippen molar-refractivity contribution >= 4 is 28.1 Å². The van der Waals surface area contributed by atoms with Gasteiger partial charge >= 0.3 is 0 Å². The molecule has 146 valence electrons. The van der Waals surface area contributed by atoms with Crippen LogP contribution in [0.1, 0.15) is 34.2 Å². The first kappa shape index (κ1) is 19.6. The Balaban J connectivity index is 1.59. The summed E-state index contributed by atoms with van der Waals surface area (Å²) in [6.45, 7) is 4.18. The number of carbonyl (C=O) groups is 1. The largest absolute Gasteiger partial charge is 0.273 e. The minimum Gasteiger partial charge on any atom is -0.273 e. The van der Waals surface area contributed by atoms with Gasteiger partial charge in [-0.15, -0.1) is 0 Å². The summed E-state index contributed by atoms with van der Waals surface area (Å²) in [5, 5.41) is 4.19. The van der Waals surface area contributed by atoms with Crippen molar-refractivity contribution in [3.63, 3.8) is 0 Å². The summed E-state index contributed by atoms with van der Waals surface area (Å²) in [5.41, 5.74) is 8.19. The van der Waals surface area contributed by atoms with Gasteiger partial charge in [-0.2, -0.15) is 5.10 Å². The van der Waals surface area contributed by atoms with Crippen LogP contribution in [0.4, 0.5) is 0 Å². The Morgan fingerprint density at radius 2 is 1.62 bits per heavy atom. The normalized spacial score (nSPS) is 17.3. The number of aryl methyl sites for hydroxylation is 2. The number of rotatable bonds is 5. The van der Waals surface area contributed by atoms with E-state index in [0.29, 0.717) is 0 Å². The Kier molecular flexibility index (Phi) is 5.37. The lowest BCUT2D eigenvalue weighted by Crippen LogP contribution is -2.25. The average molecular weight is 447 g/mol. The number of benzene rings is 3. The first-order chi connectivity index (χ1) is 14.0. The zero-order valence-electron chi connectivity index (χ0n) is 16.5. The van der Waals surface area contributed by atoms with Crippen molar-refractivity contribution in [3.05, 3.63) is 105 Å². The molecule has 1 saturated carbocycles. The van der Waals surface area contributed by atoms with E-state index in [0.717, 1.165) is 16.5 Å². The molecule has 3 aromatic carbocycles. The zero-order valence-corrected chi connectivity index (χ0v) is 18.1. The van der Waals surface area contributed by atoms with Crippen LogP contribution in [0.3, 0.4) is 0 Å². The third kappa shape index (κ3) is 4.03. The number of hydrogen-bond acceptors (Lipinski definition) is 2. The standard InChI is InChI=1S/C25H23BrN2O/c1-17-6-3-9-20(12-17)25(21-10-4-7-18(2)13-21)15-23(25)24(29)28-27-16-19-8-5-11-22(26)14-19/h3-14,16,23H,15H2,1-2H3,(H,28,29)/b27-16-/t23-/m1/s1. The van der Waals surface area contributed by atoms with Gasteiger partial charge in [0, 0.05) is 9.89 Å². The zero-order chi connectivity index (χ0) is 20.4. The Bertz CT molecular complexity index is 1040. The minimum atomic E-state index is -0.284. The van der Waals surface area contributed by atoms with Crippen molar-refractivity contribution in [1.82, 2.24) is 5.43 Å². The molecular formula is C25H23BrN2O. The summed E-state index contributed by atoms with van der Waals surface area (Å²) in [6.07, 6.45) is 2.46. The van der Waals surface area contributed by atoms with Gasteiger partial charge in [0.05, 0.1) is 12.1 Å². The molecule has 1 fully saturated rings. The van der Waals surface area contributed by atoms with E-state index < -0.39 is 0 Å². The molecule has 0 unspecified atom stereocenters. The lowest BCUT2D eigenvalue weighted by Gasteiger charge is -2.19. The van der Waals surface area contributed by atoms with Crippen LogP contribution in [-0.4, -0.2) is 12.1 Å². The highest BCUT2D eigenvalue weighted by Crippen LogP contribution is 2.59. The summed E-state index contributed by atoms with van der Waals surface area (Å²) in [5.74, 6) is -0.176. The van der Waals surface area contributed by atoms with Crippen LogP contribution in [0, 0.1) is 19.8 Å². The van der Waals surface area contributed by atoms with Crippen LogP contribution in [0.15, 0.2) is 82.4 Å². The number of hydrogen-bond donors (Lipinski definition) is 1. The van der Waals surface area contributed by atoms with Gasteiger partial charge in [-0.25, -0.2) is 5.43 Å². The van der Waals surface area contributed by atoms with Crippen molar-refractivity contribution in [1.29, 1.82) is 0 Å². The van der Waals surface area contributed by atoms with Crippen molar-refractivity contribution in [2.24, 2.45) is 11.0 Å². The monoisotopic (exact) mass is 446 g/mol.